The molecule has 20 nitrogen and oxygen atoms in total. The quantitative estimate of drug-likeness (QED) is 0.00865. The molecule has 0 spiro atoms. The molecule has 1 atom stereocenters. The number of sulfone groups is 2. The molecule has 0 bridgehead atoms. The summed E-state index contributed by atoms with van der Waals surface area (Å²) >= 11 is 35.3. The number of alkyl halides is 12. The number of fused-ring (bicyclic) bond motifs is 3. The Labute approximate surface area is 831 Å². The average molecular weight is 2280 g/mol. The minimum Gasteiger partial charge on any atom is -0.741 e. The van der Waals surface area contributed by atoms with Crippen LogP contribution in [-0.2, 0) is 61.7 Å². The molecule has 15 aromatic carbocycles. The maximum atomic E-state index is 12.3. The first-order chi connectivity index (χ1) is 64.3. The van der Waals surface area contributed by atoms with Gasteiger partial charge in [-0.25, -0.2) is 43.7 Å². The molecule has 1 heterocycles. The van der Waals surface area contributed by atoms with Crippen LogP contribution in [0.2, 0.25) is 0 Å². The Bertz CT molecular complexity index is 6960. The summed E-state index contributed by atoms with van der Waals surface area (Å²) in [5.41, 5.74) is -1.74. The van der Waals surface area contributed by atoms with Crippen LogP contribution in [0.25, 0.3) is 59.4 Å². The number of amidine groups is 2. The molecule has 1 aliphatic heterocycles. The van der Waals surface area contributed by atoms with Crippen LogP contribution >= 0.6 is 77.4 Å². The number of ether oxygens (including phenoxy) is 4. The molecule has 138 heavy (non-hydrogen) atoms. The number of rotatable bonds is 13. The van der Waals surface area contributed by atoms with Gasteiger partial charge in [0.25, 0.3) is 19.7 Å². The zero-order valence-corrected chi connectivity index (χ0v) is 84.3. The fourth-order valence-electron chi connectivity index (χ4n) is 12.2. The second kappa shape index (κ2) is 47.4. The van der Waals surface area contributed by atoms with Gasteiger partial charge in [-0.15, -0.1) is 4.79 Å². The molecule has 2 N–H and O–H groups in total. The maximum Gasteiger partial charge on any atom is 0.504 e. The largest absolute Gasteiger partial charge is 0.741 e. The number of phenols is 1. The van der Waals surface area contributed by atoms with Gasteiger partial charge in [0.05, 0.1) is 49.1 Å². The van der Waals surface area contributed by atoms with Crippen LogP contribution in [0.15, 0.2) is 367 Å². The van der Waals surface area contributed by atoms with Gasteiger partial charge in [-0.2, -0.15) is 26.3 Å². The summed E-state index contributed by atoms with van der Waals surface area (Å²) in [6.07, 6.45) is 3.30. The summed E-state index contributed by atoms with van der Waals surface area (Å²) in [6, 6.07) is 106. The molecule has 0 radical (unpaired) electrons. The SMILES string of the molecule is COc1ccc(C2=NC(C(Cl)(Cl)Cl)N=C(C(Cl)(Cl)Cl)N2)cc1OC.COc1ccc([I+]c2ccccc2)cc1.COc1ccc([S+](c2ccccc2)c2ccccc2)cc1.C[S+](C)c1ccc(O)c2ccccc12.F[P-](F)(F)(F)(F)F.O=S(=O)([O-])C(F)(F)F.O=S(=O)([O-])C(F)(F)F.[N-]=[N+]=C(S(=O)(=O)c1ccccc1)S(=O)(=O)c1ccccc1.c1cc2cccc3c4cccc5cccc(c(c1)c23)c54. The van der Waals surface area contributed by atoms with Crippen LogP contribution < -0.4 is 45.5 Å². The van der Waals surface area contributed by atoms with Crippen molar-refractivity contribution in [1.82, 2.24) is 5.32 Å². The van der Waals surface area contributed by atoms with Gasteiger partial charge < -0.3 is 44.0 Å². The van der Waals surface area contributed by atoms with Crippen molar-refractivity contribution in [2.45, 2.75) is 54.1 Å². The average Bonchev–Trinajstić information content (AvgIpc) is 0.731. The number of methoxy groups -OCH3 is 4. The molecule has 0 aromatic heterocycles. The molecule has 46 heteroatoms. The maximum absolute atomic E-state index is 12.3. The Morgan fingerprint density at radius 3 is 1.12 bits per heavy atom. The second-order valence-electron chi connectivity index (χ2n) is 27.8. The predicted molar refractivity (Wildman–Crippen MR) is 518 cm³/mol. The third-order valence-electron chi connectivity index (χ3n) is 18.1. The molecule has 0 fully saturated rings. The zero-order valence-electron chi connectivity index (χ0n) is 71.8. The number of halogens is 19. The molecule has 0 saturated carbocycles. The van der Waals surface area contributed by atoms with E-state index < -0.39 is 76.9 Å². The molecule has 0 aliphatic carbocycles. The van der Waals surface area contributed by atoms with Crippen molar-refractivity contribution in [2.75, 3.05) is 41.0 Å². The van der Waals surface area contributed by atoms with E-state index >= 15 is 0 Å². The Balaban J connectivity index is 0.000000195. The smallest absolute Gasteiger partial charge is 0.504 e. The van der Waals surface area contributed by atoms with Gasteiger partial charge in [0.1, 0.15) is 35.6 Å². The Hall–Kier alpha value is -10.1. The minimum atomic E-state index is -10.7. The van der Waals surface area contributed by atoms with E-state index in [-0.39, 0.29) is 58.6 Å². The number of benzene rings is 15. The van der Waals surface area contributed by atoms with Crippen molar-refractivity contribution < 1.29 is 144 Å². The third-order valence-corrected chi connectivity index (χ3v) is 30.7. The summed E-state index contributed by atoms with van der Waals surface area (Å²) in [5, 5.41) is 25.5. The first kappa shape index (κ1) is 113. The van der Waals surface area contributed by atoms with Gasteiger partial charge in [-0.3, -0.25) is 0 Å². The van der Waals surface area contributed by atoms with E-state index in [1.54, 1.807) is 50.6 Å². The van der Waals surface area contributed by atoms with Crippen LogP contribution in [-0.4, -0.2) is 134 Å². The number of aliphatic imine (C=N–C) groups is 2. The fraction of sp³-hybridized carbons (Fsp3) is 0.120. The molecule has 1 aliphatic rings. The first-order valence-corrected chi connectivity index (χ1v) is 54.2. The number of hydrogen-bond donors (Lipinski definition) is 2. The number of aromatic hydroxyl groups is 1. The normalized spacial score (nSPS) is 13.3. The Morgan fingerprint density at radius 1 is 0.435 bits per heavy atom. The van der Waals surface area contributed by atoms with Crippen LogP contribution in [0.5, 0.6) is 28.7 Å². The predicted octanol–water partition coefficient (Wildman–Crippen LogP) is 22.7. The van der Waals surface area contributed by atoms with Crippen LogP contribution in [0.1, 0.15) is 5.56 Å². The number of phenolic OH excluding ortho intramolecular Hbond substituents is 1. The van der Waals surface area contributed by atoms with Crippen molar-refractivity contribution in [3.63, 3.8) is 0 Å². The molecule has 0 saturated heterocycles. The summed E-state index contributed by atoms with van der Waals surface area (Å²) in [4.78, 5) is 15.6. The third kappa shape index (κ3) is 33.3. The monoisotopic (exact) mass is 2280 g/mol. The molecular formula is C92H75Cl6F12IN5O15PS6. The van der Waals surface area contributed by atoms with Gasteiger partial charge in [0, 0.05) is 27.2 Å². The molecule has 16 rings (SSSR count). The van der Waals surface area contributed by atoms with E-state index in [0.29, 0.717) is 28.6 Å². The minimum absolute atomic E-state index is 0.0105. The topological polar surface area (TPSA) is 313 Å². The zero-order chi connectivity index (χ0) is 102. The van der Waals surface area contributed by atoms with Gasteiger partial charge >= 0.3 is 69.6 Å². The molecule has 1 unspecified atom stereocenters. The molecular weight excluding hydrogens is 2210 g/mol. The number of nitrogens with one attached hydrogen (secondary N) is 1. The van der Waals surface area contributed by atoms with E-state index in [1.807, 2.05) is 48.5 Å². The summed E-state index contributed by atoms with van der Waals surface area (Å²) in [6.45, 7) is 0. The van der Waals surface area contributed by atoms with Crippen LogP contribution in [0.4, 0.5) is 51.5 Å². The van der Waals surface area contributed by atoms with E-state index in [9.17, 15) is 73.5 Å². The van der Waals surface area contributed by atoms with Crippen molar-refractivity contribution in [1.29, 1.82) is 0 Å². The first-order valence-electron chi connectivity index (χ1n) is 38.7. The van der Waals surface area contributed by atoms with E-state index in [4.69, 9.17) is 120 Å². The van der Waals surface area contributed by atoms with Crippen molar-refractivity contribution in [2.24, 2.45) is 9.98 Å². The van der Waals surface area contributed by atoms with Gasteiger partial charge in [-0.05, 0) is 189 Å². The molecule has 0 amide bonds. The Morgan fingerprint density at radius 2 is 0.775 bits per heavy atom. The van der Waals surface area contributed by atoms with Gasteiger partial charge in [0.15, 0.2) is 70.5 Å². The van der Waals surface area contributed by atoms with Crippen LogP contribution in [0, 0.1) is 7.14 Å². The summed E-state index contributed by atoms with van der Waals surface area (Å²) in [5.74, 6) is 3.52. The standard InChI is InChI=1S/C20H12.C19H17OS.C13H11Cl6N3O2.C13H12IO.C13H10N2O4S2.C12H12OS.2CHF3O3S.F6P/c1-5-13-6-2-11-17-18-12-4-8-14-7-3-10-16(20(14)18)15(9-1)19(13)17;1-20-16-12-14-19(15-13-16)21(17-8-4-2-5-9-17)18-10-6-3-7-11-18;1-23-7-4-3-6(5-8(7)24-2)9-20-10(12(14,15)16)22-11(21-9)13(17,18)19;1-15-13-9-7-12(8-10-13)14-11-5-3-2-4-6-11;14-15-13(20(16,17)11-7-3-1-4-8-11)21(18,19)12-9-5-2-6-10-12;1-14(2)12-8-7-11(13)9-5-3-4-6-10(9)12;2*2-1(3,4)8(5,6)7;1-7(2,3,4,5)6/h1-12H;2-15H,1H3;3-5,10H,1-2H3,(H,20,21,22);2-10H,1H3;1-10H;3-8H,1-2H3;2*(H,5,6,7);/q;+1;;+1;;;;;-1/p-1. The van der Waals surface area contributed by atoms with E-state index in [2.05, 4.69) is 227 Å². The van der Waals surface area contributed by atoms with Crippen LogP contribution in [0.3, 0.4) is 0 Å². The second-order valence-corrected chi connectivity index (χ2v) is 48.3. The Kier molecular flexibility index (Phi) is 38.9. The van der Waals surface area contributed by atoms with Crippen molar-refractivity contribution in [3.05, 3.63) is 346 Å². The number of nitrogens with zero attached hydrogens (tertiary/aromatic N) is 4. The summed E-state index contributed by atoms with van der Waals surface area (Å²) in [7, 11) is -25.1. The van der Waals surface area contributed by atoms with Crippen molar-refractivity contribution in [3.8, 4) is 28.7 Å². The van der Waals surface area contributed by atoms with E-state index in [0.717, 1.165) is 16.9 Å². The van der Waals surface area contributed by atoms with Crippen molar-refractivity contribution >= 4 is 209 Å². The molecule has 15 aromatic rings. The van der Waals surface area contributed by atoms with Gasteiger partial charge in [-0.1, -0.05) is 252 Å². The molecule has 732 valence electrons. The number of hydrogen-bond acceptors (Lipinski definition) is 18. The summed E-state index contributed by atoms with van der Waals surface area (Å²) < 4.78 is 245. The van der Waals surface area contributed by atoms with Gasteiger partial charge in [0.2, 0.25) is 7.59 Å². The fourth-order valence-corrected chi connectivity index (χ4v) is 21.4. The van der Waals surface area contributed by atoms with E-state index in [1.165, 1.54) is 138 Å².